The third kappa shape index (κ3) is 16.5. The summed E-state index contributed by atoms with van der Waals surface area (Å²) in [4.78, 5) is 0. The Morgan fingerprint density at radius 3 is 1.62 bits per heavy atom. The van der Waals surface area contributed by atoms with Crippen LogP contribution in [-0.2, 0) is 14.3 Å². The van der Waals surface area contributed by atoms with Crippen molar-refractivity contribution in [2.45, 2.75) is 84.0 Å². The van der Waals surface area contributed by atoms with Crippen LogP contribution in [0.5, 0.6) is 0 Å². The van der Waals surface area contributed by atoms with Crippen LogP contribution in [0.2, 0.25) is 0 Å². The van der Waals surface area contributed by atoms with E-state index in [4.69, 9.17) is 4.18 Å². The Morgan fingerprint density at radius 1 is 0.762 bits per heavy atom. The lowest BCUT2D eigenvalue weighted by Gasteiger charge is -2.04. The largest absolute Gasteiger partial charge is 0.270 e. The Morgan fingerprint density at radius 2 is 1.19 bits per heavy atom. The van der Waals surface area contributed by atoms with Crippen LogP contribution in [0.4, 0.5) is 0 Å². The zero-order valence-corrected chi connectivity index (χ0v) is 15.4. The number of hydrogen-bond donors (Lipinski definition) is 1. The van der Waals surface area contributed by atoms with Gasteiger partial charge in [0.1, 0.15) is 0 Å². The molecule has 0 fully saturated rings. The highest BCUT2D eigenvalue weighted by Gasteiger charge is 2.08. The van der Waals surface area contributed by atoms with E-state index in [9.17, 15) is 8.42 Å². The van der Waals surface area contributed by atoms with Crippen LogP contribution < -0.4 is 0 Å². The zero-order chi connectivity index (χ0) is 15.8. The minimum atomic E-state index is -3.32. The van der Waals surface area contributed by atoms with Crippen LogP contribution in [0.15, 0.2) is 0 Å². The van der Waals surface area contributed by atoms with Gasteiger partial charge in [0.05, 0.1) is 12.4 Å². The minimum absolute atomic E-state index is 0.00830. The van der Waals surface area contributed by atoms with Crippen molar-refractivity contribution in [2.24, 2.45) is 0 Å². The van der Waals surface area contributed by atoms with Crippen LogP contribution in [-0.4, -0.2) is 26.5 Å². The molecule has 0 aliphatic carbocycles. The van der Waals surface area contributed by atoms with E-state index in [0.717, 1.165) is 12.8 Å². The molecule has 0 saturated heterocycles. The van der Waals surface area contributed by atoms with Crippen molar-refractivity contribution in [3.05, 3.63) is 0 Å². The Labute approximate surface area is 137 Å². The summed E-state index contributed by atoms with van der Waals surface area (Å²) >= 11 is 3.90. The summed E-state index contributed by atoms with van der Waals surface area (Å²) in [6.45, 7) is 2.58. The summed E-state index contributed by atoms with van der Waals surface area (Å²) < 4.78 is 27.4. The molecule has 0 rings (SSSR count). The van der Waals surface area contributed by atoms with Gasteiger partial charge in [0.15, 0.2) is 0 Å². The van der Waals surface area contributed by atoms with Crippen molar-refractivity contribution in [1.82, 2.24) is 0 Å². The molecule has 128 valence electrons. The average molecular weight is 339 g/mol. The van der Waals surface area contributed by atoms with E-state index in [1.165, 1.54) is 64.2 Å². The van der Waals surface area contributed by atoms with E-state index < -0.39 is 10.1 Å². The van der Waals surface area contributed by atoms with Gasteiger partial charge in [-0.1, -0.05) is 77.6 Å². The van der Waals surface area contributed by atoms with Crippen molar-refractivity contribution in [1.29, 1.82) is 0 Å². The lowest BCUT2D eigenvalue weighted by Crippen LogP contribution is -2.12. The number of thiol groups is 1. The molecular formula is C16H34O3S2. The molecule has 3 nitrogen and oxygen atoms in total. The average Bonchev–Trinajstić information content (AvgIpc) is 2.44. The Bertz CT molecular complexity index is 303. The van der Waals surface area contributed by atoms with Crippen LogP contribution in [0.25, 0.3) is 0 Å². The second kappa shape index (κ2) is 15.2. The van der Waals surface area contributed by atoms with E-state index >= 15 is 0 Å². The first-order valence-corrected chi connectivity index (χ1v) is 10.8. The summed E-state index contributed by atoms with van der Waals surface area (Å²) in [6, 6.07) is 0. The maximum Gasteiger partial charge on any atom is 0.268 e. The van der Waals surface area contributed by atoms with E-state index in [1.54, 1.807) is 0 Å². The highest BCUT2D eigenvalue weighted by atomic mass is 32.2. The van der Waals surface area contributed by atoms with E-state index in [2.05, 4.69) is 19.6 Å². The molecule has 0 aromatic carbocycles. The molecule has 0 heterocycles. The van der Waals surface area contributed by atoms with E-state index in [-0.39, 0.29) is 5.75 Å². The molecule has 0 aromatic heterocycles. The summed E-state index contributed by atoms with van der Waals surface area (Å²) in [5.41, 5.74) is 0. The fraction of sp³-hybridized carbons (Fsp3) is 1.00. The van der Waals surface area contributed by atoms with Gasteiger partial charge in [0, 0.05) is 5.75 Å². The Hall–Kier alpha value is 0.260. The second-order valence-corrected chi connectivity index (χ2v) is 7.90. The summed E-state index contributed by atoms with van der Waals surface area (Å²) in [7, 11) is -3.32. The highest BCUT2D eigenvalue weighted by molar-refractivity contribution is 7.88. The first kappa shape index (κ1) is 21.3. The van der Waals surface area contributed by atoms with Gasteiger partial charge in [0.2, 0.25) is 0 Å². The smallest absolute Gasteiger partial charge is 0.268 e. The molecule has 0 saturated carbocycles. The maximum absolute atomic E-state index is 11.3. The number of rotatable bonds is 16. The molecule has 21 heavy (non-hydrogen) atoms. The van der Waals surface area contributed by atoms with Crippen LogP contribution in [0, 0.1) is 0 Å². The van der Waals surface area contributed by atoms with Crippen LogP contribution >= 0.6 is 12.6 Å². The van der Waals surface area contributed by atoms with Gasteiger partial charge < -0.3 is 0 Å². The fourth-order valence-electron chi connectivity index (χ4n) is 2.30. The topological polar surface area (TPSA) is 43.4 Å². The van der Waals surface area contributed by atoms with Gasteiger partial charge in [0.25, 0.3) is 10.1 Å². The third-order valence-corrected chi connectivity index (χ3v) is 5.36. The summed E-state index contributed by atoms with van der Waals surface area (Å²) in [5, 5.41) is 0. The molecule has 0 aliphatic rings. The quantitative estimate of drug-likeness (QED) is 0.246. The SMILES string of the molecule is CCCCCCCCCCCCCCOS(=O)(=O)CCS. The molecule has 0 radical (unpaired) electrons. The number of hydrogen-bond acceptors (Lipinski definition) is 4. The second-order valence-electron chi connectivity index (χ2n) is 5.70. The van der Waals surface area contributed by atoms with Gasteiger partial charge in [-0.2, -0.15) is 21.0 Å². The lowest BCUT2D eigenvalue weighted by atomic mass is 10.1. The lowest BCUT2D eigenvalue weighted by molar-refractivity contribution is 0.307. The van der Waals surface area contributed by atoms with Crippen molar-refractivity contribution in [3.63, 3.8) is 0 Å². The van der Waals surface area contributed by atoms with Crippen LogP contribution in [0.3, 0.4) is 0 Å². The molecular weight excluding hydrogens is 304 g/mol. The van der Waals surface area contributed by atoms with Gasteiger partial charge in [-0.05, 0) is 6.42 Å². The fourth-order valence-corrected chi connectivity index (χ4v) is 3.68. The third-order valence-electron chi connectivity index (χ3n) is 3.60. The molecule has 0 atom stereocenters. The van der Waals surface area contributed by atoms with Crippen molar-refractivity contribution in [3.8, 4) is 0 Å². The predicted octanol–water partition coefficient (Wildman–Crippen LogP) is 4.96. The molecule has 5 heteroatoms. The van der Waals surface area contributed by atoms with Gasteiger partial charge in [-0.25, -0.2) is 0 Å². The van der Waals surface area contributed by atoms with Crippen molar-refractivity contribution < 1.29 is 12.6 Å². The minimum Gasteiger partial charge on any atom is -0.270 e. The van der Waals surface area contributed by atoms with Gasteiger partial charge in [-0.15, -0.1) is 0 Å². The van der Waals surface area contributed by atoms with E-state index in [1.807, 2.05) is 0 Å². The van der Waals surface area contributed by atoms with Crippen LogP contribution in [0.1, 0.15) is 84.0 Å². The molecule has 0 bridgehead atoms. The molecule has 0 amide bonds. The molecule has 0 aliphatic heterocycles. The zero-order valence-electron chi connectivity index (χ0n) is 13.7. The molecule has 0 N–H and O–H groups in total. The van der Waals surface area contributed by atoms with Crippen molar-refractivity contribution in [2.75, 3.05) is 18.1 Å². The normalized spacial score (nSPS) is 11.9. The first-order valence-electron chi connectivity index (χ1n) is 8.60. The summed E-state index contributed by atoms with van der Waals surface area (Å²) in [6.07, 6.45) is 15.3. The number of unbranched alkanes of at least 4 members (excludes halogenated alkanes) is 11. The van der Waals surface area contributed by atoms with Gasteiger partial charge in [-0.3, -0.25) is 4.18 Å². The standard InChI is InChI=1S/C16H34O3S2/c1-2-3-4-5-6-7-8-9-10-11-12-13-14-19-21(17,18)16-15-20/h20H,2-16H2,1H3. The monoisotopic (exact) mass is 338 g/mol. The molecule has 0 unspecified atom stereocenters. The Balaban J connectivity index is 3.16. The maximum atomic E-state index is 11.3. The highest BCUT2D eigenvalue weighted by Crippen LogP contribution is 2.12. The van der Waals surface area contributed by atoms with Gasteiger partial charge >= 0.3 is 0 Å². The first-order chi connectivity index (χ1) is 10.1. The molecule has 0 aromatic rings. The van der Waals surface area contributed by atoms with E-state index in [0.29, 0.717) is 12.4 Å². The Kier molecular flexibility index (Phi) is 15.4. The summed E-state index contributed by atoms with van der Waals surface area (Å²) in [5.74, 6) is 0.329. The van der Waals surface area contributed by atoms with Crippen molar-refractivity contribution >= 4 is 22.7 Å². The molecule has 0 spiro atoms. The predicted molar refractivity (Wildman–Crippen MR) is 94.7 cm³/mol.